The zero-order valence-corrected chi connectivity index (χ0v) is 12.6. The summed E-state index contributed by atoms with van der Waals surface area (Å²) in [5.74, 6) is 0. The van der Waals surface area contributed by atoms with E-state index in [1.54, 1.807) is 6.07 Å². The number of benzene rings is 2. The van der Waals surface area contributed by atoms with Crippen LogP contribution < -0.4 is 10.2 Å². The van der Waals surface area contributed by atoms with Crippen LogP contribution in [0, 0.1) is 10.1 Å². The predicted molar refractivity (Wildman–Crippen MR) is 86.2 cm³/mol. The molecule has 0 aliphatic heterocycles. The van der Waals surface area contributed by atoms with E-state index in [1.165, 1.54) is 12.1 Å². The first-order valence-electron chi connectivity index (χ1n) is 6.41. The molecule has 0 radical (unpaired) electrons. The molecule has 5 nitrogen and oxygen atoms in total. The van der Waals surface area contributed by atoms with Gasteiger partial charge >= 0.3 is 0 Å². The number of hydrogen-bond donors (Lipinski definition) is 1. The van der Waals surface area contributed by atoms with Gasteiger partial charge in [0, 0.05) is 38.1 Å². The third-order valence-electron chi connectivity index (χ3n) is 3.09. The second-order valence-corrected chi connectivity index (χ2v) is 5.24. The summed E-state index contributed by atoms with van der Waals surface area (Å²) in [5, 5.41) is 14.1. The number of hydrogen-bond acceptors (Lipinski definition) is 4. The fourth-order valence-electron chi connectivity index (χ4n) is 1.88. The van der Waals surface area contributed by atoms with E-state index in [4.69, 9.17) is 11.6 Å². The van der Waals surface area contributed by atoms with E-state index in [0.717, 1.165) is 11.3 Å². The third-order valence-corrected chi connectivity index (χ3v) is 3.41. The number of halogens is 1. The molecule has 0 unspecified atom stereocenters. The van der Waals surface area contributed by atoms with E-state index >= 15 is 0 Å². The normalized spacial score (nSPS) is 10.2. The highest BCUT2D eigenvalue weighted by Crippen LogP contribution is 2.27. The molecule has 21 heavy (non-hydrogen) atoms. The van der Waals surface area contributed by atoms with Gasteiger partial charge in [0.05, 0.1) is 4.92 Å². The highest BCUT2D eigenvalue weighted by molar-refractivity contribution is 6.32. The van der Waals surface area contributed by atoms with Crippen LogP contribution in [-0.2, 0) is 6.54 Å². The molecule has 0 aromatic heterocycles. The van der Waals surface area contributed by atoms with E-state index in [-0.39, 0.29) is 10.7 Å². The van der Waals surface area contributed by atoms with E-state index in [0.29, 0.717) is 12.2 Å². The molecule has 0 atom stereocenters. The summed E-state index contributed by atoms with van der Waals surface area (Å²) in [7, 11) is 3.97. The van der Waals surface area contributed by atoms with Crippen LogP contribution in [0.2, 0.25) is 5.02 Å². The molecule has 0 fully saturated rings. The monoisotopic (exact) mass is 305 g/mol. The molecule has 1 N–H and O–H groups in total. The minimum absolute atomic E-state index is 0.0929. The maximum absolute atomic E-state index is 10.8. The van der Waals surface area contributed by atoms with Gasteiger partial charge in [-0.15, -0.1) is 0 Å². The SMILES string of the molecule is CN(C)c1ccc(CNc2ccc(Cl)c([N+](=O)[O-])c2)cc1. The van der Waals surface area contributed by atoms with Gasteiger partial charge in [-0.25, -0.2) is 0 Å². The number of nitrogens with one attached hydrogen (secondary N) is 1. The number of nitro groups is 1. The maximum Gasteiger partial charge on any atom is 0.289 e. The Labute approximate surface area is 128 Å². The molecule has 6 heteroatoms. The van der Waals surface area contributed by atoms with Crippen LogP contribution in [0.1, 0.15) is 5.56 Å². The van der Waals surface area contributed by atoms with Crippen molar-refractivity contribution in [3.8, 4) is 0 Å². The Balaban J connectivity index is 2.06. The van der Waals surface area contributed by atoms with Gasteiger partial charge in [-0.1, -0.05) is 23.7 Å². The molecule has 2 rings (SSSR count). The summed E-state index contributed by atoms with van der Waals surface area (Å²) in [6.07, 6.45) is 0. The first kappa shape index (κ1) is 15.1. The topological polar surface area (TPSA) is 58.4 Å². The highest BCUT2D eigenvalue weighted by Gasteiger charge is 2.12. The Hall–Kier alpha value is -2.27. The van der Waals surface area contributed by atoms with Gasteiger partial charge in [0.15, 0.2) is 0 Å². The lowest BCUT2D eigenvalue weighted by Crippen LogP contribution is -2.08. The lowest BCUT2D eigenvalue weighted by molar-refractivity contribution is -0.384. The van der Waals surface area contributed by atoms with Crippen molar-refractivity contribution in [2.24, 2.45) is 0 Å². The molecular formula is C15H16ClN3O2. The largest absolute Gasteiger partial charge is 0.381 e. The first-order chi connectivity index (χ1) is 9.97. The molecule has 0 saturated carbocycles. The Morgan fingerprint density at radius 3 is 2.43 bits per heavy atom. The number of nitro benzene ring substituents is 1. The Morgan fingerprint density at radius 1 is 1.19 bits per heavy atom. The molecule has 0 heterocycles. The summed E-state index contributed by atoms with van der Waals surface area (Å²) in [4.78, 5) is 12.4. The molecule has 0 aliphatic rings. The molecule has 0 amide bonds. The van der Waals surface area contributed by atoms with Crippen molar-refractivity contribution in [3.05, 3.63) is 63.2 Å². The van der Waals surface area contributed by atoms with Gasteiger partial charge in [-0.2, -0.15) is 0 Å². The predicted octanol–water partition coefficient (Wildman–Crippen LogP) is 3.93. The van der Waals surface area contributed by atoms with Gasteiger partial charge < -0.3 is 10.2 Å². The van der Waals surface area contributed by atoms with Gasteiger partial charge in [0.25, 0.3) is 5.69 Å². The van der Waals surface area contributed by atoms with Crippen LogP contribution in [0.4, 0.5) is 17.1 Å². The Morgan fingerprint density at radius 2 is 1.86 bits per heavy atom. The molecule has 2 aromatic rings. The molecule has 110 valence electrons. The zero-order valence-electron chi connectivity index (χ0n) is 11.8. The fourth-order valence-corrected chi connectivity index (χ4v) is 2.07. The van der Waals surface area contributed by atoms with Crippen LogP contribution in [-0.4, -0.2) is 19.0 Å². The summed E-state index contributed by atoms with van der Waals surface area (Å²) in [5.41, 5.74) is 2.80. The Bertz CT molecular complexity index is 642. The van der Waals surface area contributed by atoms with Crippen molar-refractivity contribution in [2.45, 2.75) is 6.54 Å². The van der Waals surface area contributed by atoms with Crippen LogP contribution in [0.5, 0.6) is 0 Å². The van der Waals surface area contributed by atoms with Crippen molar-refractivity contribution >= 4 is 28.7 Å². The van der Waals surface area contributed by atoms with Crippen molar-refractivity contribution in [1.29, 1.82) is 0 Å². The van der Waals surface area contributed by atoms with Gasteiger partial charge in [0.2, 0.25) is 0 Å². The van der Waals surface area contributed by atoms with Crippen LogP contribution in [0.3, 0.4) is 0 Å². The summed E-state index contributed by atoms with van der Waals surface area (Å²) >= 11 is 5.78. The quantitative estimate of drug-likeness (QED) is 0.672. The average molecular weight is 306 g/mol. The molecule has 2 aromatic carbocycles. The second-order valence-electron chi connectivity index (χ2n) is 4.84. The lowest BCUT2D eigenvalue weighted by atomic mass is 10.2. The van der Waals surface area contributed by atoms with Gasteiger partial charge in [0.1, 0.15) is 5.02 Å². The van der Waals surface area contributed by atoms with E-state index in [1.807, 2.05) is 43.3 Å². The maximum atomic E-state index is 10.8. The third kappa shape index (κ3) is 3.86. The van der Waals surface area contributed by atoms with Crippen molar-refractivity contribution in [3.63, 3.8) is 0 Å². The smallest absolute Gasteiger partial charge is 0.289 e. The highest BCUT2D eigenvalue weighted by atomic mass is 35.5. The fraction of sp³-hybridized carbons (Fsp3) is 0.200. The van der Waals surface area contributed by atoms with Crippen molar-refractivity contribution in [1.82, 2.24) is 0 Å². The van der Waals surface area contributed by atoms with Gasteiger partial charge in [-0.3, -0.25) is 10.1 Å². The summed E-state index contributed by atoms with van der Waals surface area (Å²) in [6, 6.07) is 12.8. The number of anilines is 2. The molecule has 0 saturated heterocycles. The Kier molecular flexibility index (Phi) is 4.65. The molecule has 0 bridgehead atoms. The summed E-state index contributed by atoms with van der Waals surface area (Å²) in [6.45, 7) is 0.590. The van der Waals surface area contributed by atoms with E-state index < -0.39 is 4.92 Å². The number of rotatable bonds is 5. The molecule has 0 spiro atoms. The van der Waals surface area contributed by atoms with Crippen LogP contribution in [0.25, 0.3) is 0 Å². The first-order valence-corrected chi connectivity index (χ1v) is 6.79. The van der Waals surface area contributed by atoms with Crippen molar-refractivity contribution < 1.29 is 4.92 Å². The second kappa shape index (κ2) is 6.45. The van der Waals surface area contributed by atoms with Crippen molar-refractivity contribution in [2.75, 3.05) is 24.3 Å². The van der Waals surface area contributed by atoms with Gasteiger partial charge in [-0.05, 0) is 29.8 Å². The minimum Gasteiger partial charge on any atom is -0.381 e. The zero-order chi connectivity index (χ0) is 15.4. The standard InChI is InChI=1S/C15H16ClN3O2/c1-18(2)13-6-3-11(4-7-13)10-17-12-5-8-14(16)15(9-12)19(20)21/h3-9,17H,10H2,1-2H3. The minimum atomic E-state index is -0.487. The van der Waals surface area contributed by atoms with Crippen LogP contribution >= 0.6 is 11.6 Å². The summed E-state index contributed by atoms with van der Waals surface area (Å²) < 4.78 is 0. The lowest BCUT2D eigenvalue weighted by Gasteiger charge is -2.13. The molecular weight excluding hydrogens is 290 g/mol. The molecule has 0 aliphatic carbocycles. The van der Waals surface area contributed by atoms with E-state index in [2.05, 4.69) is 5.32 Å². The van der Waals surface area contributed by atoms with E-state index in [9.17, 15) is 10.1 Å². The van der Waals surface area contributed by atoms with Crippen LogP contribution in [0.15, 0.2) is 42.5 Å². The average Bonchev–Trinajstić information content (AvgIpc) is 2.46. The number of nitrogens with zero attached hydrogens (tertiary/aromatic N) is 2.